The number of amides is 2. The number of nitrogens with one attached hydrogen (secondary N) is 1. The van der Waals surface area contributed by atoms with E-state index in [0.717, 1.165) is 5.56 Å². The molecule has 124 valence electrons. The van der Waals surface area contributed by atoms with Crippen molar-refractivity contribution in [1.82, 2.24) is 10.2 Å². The van der Waals surface area contributed by atoms with E-state index in [9.17, 15) is 14.4 Å². The summed E-state index contributed by atoms with van der Waals surface area (Å²) in [5.41, 5.74) is 1.13. The fourth-order valence-corrected chi connectivity index (χ4v) is 2.67. The number of methoxy groups -OCH3 is 1. The van der Waals surface area contributed by atoms with Crippen LogP contribution in [0.15, 0.2) is 30.3 Å². The molecule has 2 rings (SSSR count). The van der Waals surface area contributed by atoms with Gasteiger partial charge in [-0.3, -0.25) is 14.4 Å². The molecule has 1 aliphatic rings. The highest BCUT2D eigenvalue weighted by molar-refractivity contribution is 5.86. The van der Waals surface area contributed by atoms with E-state index in [1.54, 1.807) is 4.90 Å². The lowest BCUT2D eigenvalue weighted by Gasteiger charge is -2.16. The molecule has 1 aromatic rings. The van der Waals surface area contributed by atoms with Crippen LogP contribution in [0.3, 0.4) is 0 Å². The standard InChI is InChI=1S/C17H22N2O4/c1-23-17(22)8-5-9-18-15(20)12-19-11-14(10-16(19)21)13-6-3-2-4-7-13/h2-4,6-7,14H,5,8-12H2,1H3,(H,18,20)/t14-/m0/s1. The maximum absolute atomic E-state index is 12.0. The Kier molecular flexibility index (Phi) is 6.14. The van der Waals surface area contributed by atoms with Crippen molar-refractivity contribution < 1.29 is 19.1 Å². The SMILES string of the molecule is COC(=O)CCCNC(=O)CN1C[C@@H](c2ccccc2)CC1=O. The van der Waals surface area contributed by atoms with E-state index in [1.807, 2.05) is 30.3 Å². The number of carbonyl (C=O) groups is 3. The van der Waals surface area contributed by atoms with Gasteiger partial charge in [0, 0.05) is 31.8 Å². The molecule has 1 saturated heterocycles. The number of likely N-dealkylation sites (tertiary alicyclic amines) is 1. The van der Waals surface area contributed by atoms with Crippen LogP contribution in [-0.4, -0.2) is 49.4 Å². The molecule has 0 spiro atoms. The van der Waals surface area contributed by atoms with Crippen molar-refractivity contribution in [3.8, 4) is 0 Å². The number of ether oxygens (including phenoxy) is 1. The van der Waals surface area contributed by atoms with Gasteiger partial charge in [0.1, 0.15) is 0 Å². The zero-order valence-corrected chi connectivity index (χ0v) is 13.3. The molecule has 0 saturated carbocycles. The molecule has 0 aromatic heterocycles. The summed E-state index contributed by atoms with van der Waals surface area (Å²) in [6.45, 7) is 1.04. The Balaban J connectivity index is 1.74. The Bertz CT molecular complexity index is 559. The number of benzene rings is 1. The summed E-state index contributed by atoms with van der Waals surface area (Å²) < 4.78 is 4.53. The van der Waals surface area contributed by atoms with E-state index in [0.29, 0.717) is 25.9 Å². The van der Waals surface area contributed by atoms with Gasteiger partial charge < -0.3 is 15.0 Å². The Morgan fingerprint density at radius 2 is 2.04 bits per heavy atom. The highest BCUT2D eigenvalue weighted by Gasteiger charge is 2.31. The van der Waals surface area contributed by atoms with Crippen LogP contribution in [-0.2, 0) is 19.1 Å². The highest BCUT2D eigenvalue weighted by Crippen LogP contribution is 2.27. The first-order valence-electron chi connectivity index (χ1n) is 7.76. The van der Waals surface area contributed by atoms with Gasteiger partial charge in [0.15, 0.2) is 0 Å². The second kappa shape index (κ2) is 8.31. The maximum Gasteiger partial charge on any atom is 0.305 e. The van der Waals surface area contributed by atoms with E-state index in [4.69, 9.17) is 0 Å². The summed E-state index contributed by atoms with van der Waals surface area (Å²) in [7, 11) is 1.34. The lowest BCUT2D eigenvalue weighted by molar-refractivity contribution is -0.140. The predicted molar refractivity (Wildman–Crippen MR) is 84.6 cm³/mol. The van der Waals surface area contributed by atoms with Crippen LogP contribution < -0.4 is 5.32 Å². The van der Waals surface area contributed by atoms with Gasteiger partial charge in [-0.15, -0.1) is 0 Å². The third-order valence-corrected chi connectivity index (χ3v) is 3.93. The summed E-state index contributed by atoms with van der Waals surface area (Å²) in [6.07, 6.45) is 1.24. The average Bonchev–Trinajstić information content (AvgIpc) is 2.93. The van der Waals surface area contributed by atoms with Gasteiger partial charge in [-0.2, -0.15) is 0 Å². The fourth-order valence-electron chi connectivity index (χ4n) is 2.67. The van der Waals surface area contributed by atoms with Crippen LogP contribution in [0.4, 0.5) is 0 Å². The molecular formula is C17H22N2O4. The summed E-state index contributed by atoms with van der Waals surface area (Å²) in [4.78, 5) is 36.5. The van der Waals surface area contributed by atoms with Crippen molar-refractivity contribution in [2.24, 2.45) is 0 Å². The Hall–Kier alpha value is -2.37. The highest BCUT2D eigenvalue weighted by atomic mass is 16.5. The second-order valence-corrected chi connectivity index (χ2v) is 5.62. The lowest BCUT2D eigenvalue weighted by atomic mass is 9.99. The fraction of sp³-hybridized carbons (Fsp3) is 0.471. The molecule has 1 atom stereocenters. The first-order valence-corrected chi connectivity index (χ1v) is 7.76. The van der Waals surface area contributed by atoms with Gasteiger partial charge in [0.2, 0.25) is 11.8 Å². The van der Waals surface area contributed by atoms with E-state index >= 15 is 0 Å². The van der Waals surface area contributed by atoms with Gasteiger partial charge in [-0.05, 0) is 12.0 Å². The van der Waals surface area contributed by atoms with Gasteiger partial charge in [0.05, 0.1) is 13.7 Å². The van der Waals surface area contributed by atoms with Crippen LogP contribution in [0, 0.1) is 0 Å². The number of carbonyl (C=O) groups excluding carboxylic acids is 3. The van der Waals surface area contributed by atoms with Crippen molar-refractivity contribution in [1.29, 1.82) is 0 Å². The molecule has 0 unspecified atom stereocenters. The van der Waals surface area contributed by atoms with Crippen molar-refractivity contribution in [3.05, 3.63) is 35.9 Å². The topological polar surface area (TPSA) is 75.7 Å². The van der Waals surface area contributed by atoms with Gasteiger partial charge in [0.25, 0.3) is 0 Å². The van der Waals surface area contributed by atoms with E-state index in [-0.39, 0.29) is 36.7 Å². The summed E-state index contributed by atoms with van der Waals surface area (Å²) in [5, 5.41) is 2.72. The van der Waals surface area contributed by atoms with Crippen LogP contribution in [0.25, 0.3) is 0 Å². The minimum Gasteiger partial charge on any atom is -0.469 e. The first-order chi connectivity index (χ1) is 11.1. The number of hydrogen-bond donors (Lipinski definition) is 1. The van der Waals surface area contributed by atoms with Gasteiger partial charge in [-0.1, -0.05) is 30.3 Å². The molecular weight excluding hydrogens is 296 g/mol. The zero-order valence-electron chi connectivity index (χ0n) is 13.3. The second-order valence-electron chi connectivity index (χ2n) is 5.62. The largest absolute Gasteiger partial charge is 0.469 e. The maximum atomic E-state index is 12.0. The van der Waals surface area contributed by atoms with Crippen LogP contribution in [0.5, 0.6) is 0 Å². The quantitative estimate of drug-likeness (QED) is 0.603. The third-order valence-electron chi connectivity index (χ3n) is 3.93. The van der Waals surface area contributed by atoms with Gasteiger partial charge in [-0.25, -0.2) is 0 Å². The molecule has 6 nitrogen and oxygen atoms in total. The van der Waals surface area contributed by atoms with Crippen LogP contribution in [0.2, 0.25) is 0 Å². The molecule has 0 bridgehead atoms. The lowest BCUT2D eigenvalue weighted by Crippen LogP contribution is -2.38. The number of rotatable bonds is 7. The number of nitrogens with zero attached hydrogens (tertiary/aromatic N) is 1. The summed E-state index contributed by atoms with van der Waals surface area (Å²) in [5.74, 6) is -0.337. The minimum atomic E-state index is -0.292. The molecule has 23 heavy (non-hydrogen) atoms. The first kappa shape index (κ1) is 17.0. The Labute approximate surface area is 135 Å². The number of esters is 1. The summed E-state index contributed by atoms with van der Waals surface area (Å²) in [6, 6.07) is 9.87. The molecule has 1 aliphatic heterocycles. The van der Waals surface area contributed by atoms with Crippen LogP contribution >= 0.6 is 0 Å². The molecule has 1 N–H and O–H groups in total. The summed E-state index contributed by atoms with van der Waals surface area (Å²) >= 11 is 0. The third kappa shape index (κ3) is 5.09. The number of hydrogen-bond acceptors (Lipinski definition) is 4. The molecule has 1 fully saturated rings. The van der Waals surface area contributed by atoms with E-state index in [2.05, 4.69) is 10.1 Å². The molecule has 1 heterocycles. The normalized spacial score (nSPS) is 17.2. The smallest absolute Gasteiger partial charge is 0.305 e. The van der Waals surface area contributed by atoms with Crippen molar-refractivity contribution in [2.45, 2.75) is 25.2 Å². The van der Waals surface area contributed by atoms with Crippen LogP contribution in [0.1, 0.15) is 30.7 Å². The van der Waals surface area contributed by atoms with Gasteiger partial charge >= 0.3 is 5.97 Å². The van der Waals surface area contributed by atoms with Crippen molar-refractivity contribution >= 4 is 17.8 Å². The molecule has 1 aromatic carbocycles. The monoisotopic (exact) mass is 318 g/mol. The molecule has 0 radical (unpaired) electrons. The minimum absolute atomic E-state index is 0.00330. The molecule has 6 heteroatoms. The van der Waals surface area contributed by atoms with E-state index in [1.165, 1.54) is 7.11 Å². The van der Waals surface area contributed by atoms with Crippen molar-refractivity contribution in [3.63, 3.8) is 0 Å². The zero-order chi connectivity index (χ0) is 16.7. The Morgan fingerprint density at radius 3 is 2.74 bits per heavy atom. The van der Waals surface area contributed by atoms with E-state index < -0.39 is 0 Å². The molecule has 0 aliphatic carbocycles. The molecule has 2 amide bonds. The predicted octanol–water partition coefficient (Wildman–Crippen LogP) is 1.07. The average molecular weight is 318 g/mol. The van der Waals surface area contributed by atoms with Crippen molar-refractivity contribution in [2.75, 3.05) is 26.7 Å². The Morgan fingerprint density at radius 1 is 1.30 bits per heavy atom.